The Hall–Kier alpha value is -1.68. The number of hydrogen-bond donors (Lipinski definition) is 1. The average molecular weight is 554 g/mol. The van der Waals surface area contributed by atoms with Crippen LogP contribution in [0.15, 0.2) is 63.9 Å². The van der Waals surface area contributed by atoms with E-state index >= 15 is 0 Å². The number of hydrogen-bond acceptors (Lipinski definition) is 4. The average Bonchev–Trinajstić information content (AvgIpc) is 3.14. The summed E-state index contributed by atoms with van der Waals surface area (Å²) in [6, 6.07) is 13.9. The molecule has 0 saturated heterocycles. The Labute approximate surface area is 193 Å². The quantitative estimate of drug-likeness (QED) is 0.510. The number of benzene rings is 2. The largest absolute Gasteiger partial charge is 0.364 e. The third-order valence-electron chi connectivity index (χ3n) is 5.27. The monoisotopic (exact) mass is 552 g/mol. The smallest absolute Gasteiger partial charge is 0.211 e. The Kier molecular flexibility index (Phi) is 6.34. The van der Waals surface area contributed by atoms with Gasteiger partial charge < -0.3 is 9.88 Å². The molecule has 1 aliphatic heterocycles. The molecule has 2 aromatic carbocycles. The second-order valence-corrected chi connectivity index (χ2v) is 11.3. The molecule has 4 rings (SSSR count). The van der Waals surface area contributed by atoms with Gasteiger partial charge in [-0.15, -0.1) is 0 Å². The van der Waals surface area contributed by atoms with E-state index in [-0.39, 0.29) is 6.04 Å². The van der Waals surface area contributed by atoms with E-state index in [1.807, 2.05) is 42.6 Å². The molecule has 0 fully saturated rings. The van der Waals surface area contributed by atoms with Crippen molar-refractivity contribution < 1.29 is 8.42 Å². The van der Waals surface area contributed by atoms with Gasteiger partial charge in [-0.3, -0.25) is 0 Å². The van der Waals surface area contributed by atoms with Crippen LogP contribution in [0.25, 0.3) is 0 Å². The molecule has 6 nitrogen and oxygen atoms in total. The summed E-state index contributed by atoms with van der Waals surface area (Å²) in [7, 11) is -3.41. The molecule has 0 unspecified atom stereocenters. The number of halogens is 2. The summed E-state index contributed by atoms with van der Waals surface area (Å²) in [5.74, 6) is 0. The molecule has 0 bridgehead atoms. The third kappa shape index (κ3) is 4.96. The lowest BCUT2D eigenvalue weighted by Gasteiger charge is -2.31. The van der Waals surface area contributed by atoms with E-state index in [4.69, 9.17) is 0 Å². The van der Waals surface area contributed by atoms with Crippen LogP contribution in [-0.4, -0.2) is 41.5 Å². The van der Waals surface area contributed by atoms with Gasteiger partial charge in [-0.1, -0.05) is 44.0 Å². The zero-order chi connectivity index (χ0) is 21.3. The van der Waals surface area contributed by atoms with Crippen molar-refractivity contribution in [1.82, 2.24) is 14.3 Å². The Bertz CT molecular complexity index is 1120. The number of rotatable bonds is 5. The van der Waals surface area contributed by atoms with Gasteiger partial charge in [-0.05, 0) is 47.9 Å². The first-order chi connectivity index (χ1) is 14.3. The highest BCUT2D eigenvalue weighted by molar-refractivity contribution is 9.10. The fraction of sp³-hybridized carbons (Fsp3) is 0.286. The van der Waals surface area contributed by atoms with Crippen LogP contribution >= 0.6 is 31.9 Å². The van der Waals surface area contributed by atoms with Gasteiger partial charge in [-0.2, -0.15) is 4.31 Å². The van der Waals surface area contributed by atoms with Gasteiger partial charge in [0.05, 0.1) is 24.8 Å². The fourth-order valence-corrected chi connectivity index (χ4v) is 5.63. The number of imidazole rings is 1. The van der Waals surface area contributed by atoms with E-state index < -0.39 is 10.0 Å². The van der Waals surface area contributed by atoms with Crippen molar-refractivity contribution in [2.24, 2.45) is 0 Å². The molecule has 30 heavy (non-hydrogen) atoms. The zero-order valence-electron chi connectivity index (χ0n) is 16.4. The molecular formula is C21H22Br2N4O2S. The first-order valence-corrected chi connectivity index (χ1v) is 12.9. The highest BCUT2D eigenvalue weighted by atomic mass is 79.9. The number of aromatic amines is 1. The van der Waals surface area contributed by atoms with Crippen molar-refractivity contribution in [3.8, 4) is 0 Å². The van der Waals surface area contributed by atoms with Gasteiger partial charge in [-0.25, -0.2) is 13.4 Å². The highest BCUT2D eigenvalue weighted by Crippen LogP contribution is 2.33. The molecule has 0 spiro atoms. The summed E-state index contributed by atoms with van der Waals surface area (Å²) < 4.78 is 29.1. The lowest BCUT2D eigenvalue weighted by molar-refractivity contribution is 0.320. The van der Waals surface area contributed by atoms with Crippen LogP contribution in [0.5, 0.6) is 0 Å². The zero-order valence-corrected chi connectivity index (χ0v) is 20.4. The fourth-order valence-electron chi connectivity index (χ4n) is 3.90. The maximum absolute atomic E-state index is 12.8. The predicted octanol–water partition coefficient (Wildman–Crippen LogP) is 4.33. The number of fused-ring (bicyclic) bond motifs is 1. The van der Waals surface area contributed by atoms with E-state index in [1.54, 1.807) is 10.6 Å². The Morgan fingerprint density at radius 2 is 1.87 bits per heavy atom. The van der Waals surface area contributed by atoms with Crippen molar-refractivity contribution in [3.63, 3.8) is 0 Å². The summed E-state index contributed by atoms with van der Waals surface area (Å²) in [6.07, 6.45) is 5.40. The van der Waals surface area contributed by atoms with Crippen LogP contribution in [0.3, 0.4) is 0 Å². The number of sulfonamides is 1. The van der Waals surface area contributed by atoms with Crippen LogP contribution in [-0.2, 0) is 29.5 Å². The van der Waals surface area contributed by atoms with Crippen molar-refractivity contribution >= 4 is 47.6 Å². The van der Waals surface area contributed by atoms with Crippen LogP contribution in [0.2, 0.25) is 0 Å². The summed E-state index contributed by atoms with van der Waals surface area (Å²) >= 11 is 7.00. The molecule has 0 radical (unpaired) electrons. The van der Waals surface area contributed by atoms with Gasteiger partial charge in [0.2, 0.25) is 10.0 Å². The molecule has 0 aliphatic carbocycles. The lowest BCUT2D eigenvalue weighted by Crippen LogP contribution is -2.45. The normalized spacial score (nSPS) is 17.6. The Morgan fingerprint density at radius 3 is 2.53 bits per heavy atom. The Morgan fingerprint density at radius 1 is 1.13 bits per heavy atom. The van der Waals surface area contributed by atoms with E-state index in [1.165, 1.54) is 6.26 Å². The second kappa shape index (κ2) is 8.82. The van der Waals surface area contributed by atoms with Crippen molar-refractivity contribution in [2.75, 3.05) is 17.7 Å². The standard InChI is InChI=1S/C21H22Br2N4O2S/c1-30(28,29)27-11-16-9-18(23)6-7-21(16)26(12-19-10-24-14-25-19)13-20(27)8-15-2-4-17(22)5-3-15/h2-7,9-10,14,20H,8,11-13H2,1H3,(H,24,25)/t20-/m1/s1. The third-order valence-corrected chi connectivity index (χ3v) is 7.57. The van der Waals surface area contributed by atoms with Crippen molar-refractivity contribution in [3.05, 3.63) is 80.8 Å². The minimum atomic E-state index is -3.41. The maximum atomic E-state index is 12.8. The first kappa shape index (κ1) is 21.5. The predicted molar refractivity (Wildman–Crippen MR) is 126 cm³/mol. The molecule has 2 heterocycles. The van der Waals surface area contributed by atoms with Crippen LogP contribution in [0.1, 0.15) is 16.8 Å². The van der Waals surface area contributed by atoms with E-state index in [0.717, 1.165) is 31.5 Å². The SMILES string of the molecule is CS(=O)(=O)N1Cc2cc(Br)ccc2N(Cc2cnc[nH]2)C[C@H]1Cc1ccc(Br)cc1. The second-order valence-electron chi connectivity index (χ2n) is 7.52. The summed E-state index contributed by atoms with van der Waals surface area (Å²) in [5.41, 5.74) is 4.11. The molecule has 1 aliphatic rings. The van der Waals surface area contributed by atoms with Crippen LogP contribution in [0.4, 0.5) is 5.69 Å². The van der Waals surface area contributed by atoms with Gasteiger partial charge >= 0.3 is 0 Å². The lowest BCUT2D eigenvalue weighted by atomic mass is 10.1. The van der Waals surface area contributed by atoms with Crippen molar-refractivity contribution in [2.45, 2.75) is 25.6 Å². The number of nitrogens with zero attached hydrogens (tertiary/aromatic N) is 3. The first-order valence-electron chi connectivity index (χ1n) is 9.51. The van der Waals surface area contributed by atoms with Crippen LogP contribution < -0.4 is 4.90 Å². The van der Waals surface area contributed by atoms with E-state index in [2.05, 4.69) is 52.8 Å². The summed E-state index contributed by atoms with van der Waals surface area (Å²) in [6.45, 7) is 1.55. The Balaban J connectivity index is 1.74. The molecular weight excluding hydrogens is 532 g/mol. The van der Waals surface area contributed by atoms with E-state index in [9.17, 15) is 8.42 Å². The molecule has 3 aromatic rings. The van der Waals surface area contributed by atoms with E-state index in [0.29, 0.717) is 26.1 Å². The molecule has 0 amide bonds. The molecule has 158 valence electrons. The van der Waals surface area contributed by atoms with Gasteiger partial charge in [0, 0.05) is 40.0 Å². The van der Waals surface area contributed by atoms with Crippen LogP contribution in [0, 0.1) is 0 Å². The molecule has 1 N–H and O–H groups in total. The number of nitrogens with one attached hydrogen (secondary N) is 1. The van der Waals surface area contributed by atoms with Gasteiger partial charge in [0.15, 0.2) is 0 Å². The molecule has 1 aromatic heterocycles. The van der Waals surface area contributed by atoms with Gasteiger partial charge in [0.1, 0.15) is 0 Å². The molecule has 0 saturated carbocycles. The maximum Gasteiger partial charge on any atom is 0.211 e. The van der Waals surface area contributed by atoms with Gasteiger partial charge in [0.25, 0.3) is 0 Å². The van der Waals surface area contributed by atoms with Crippen molar-refractivity contribution in [1.29, 1.82) is 0 Å². The minimum absolute atomic E-state index is 0.199. The molecule has 1 atom stereocenters. The topological polar surface area (TPSA) is 69.3 Å². The summed E-state index contributed by atoms with van der Waals surface area (Å²) in [5, 5.41) is 0. The summed E-state index contributed by atoms with van der Waals surface area (Å²) in [4.78, 5) is 9.53. The molecule has 9 heteroatoms. The number of anilines is 1. The number of aromatic nitrogens is 2. The minimum Gasteiger partial charge on any atom is -0.364 e. The number of H-pyrrole nitrogens is 1. The highest BCUT2D eigenvalue weighted by Gasteiger charge is 2.33.